The molecule has 2 N–H and O–H groups in total. The fraction of sp³-hybridized carbons (Fsp3) is 0.455. The summed E-state index contributed by atoms with van der Waals surface area (Å²) >= 11 is 3.28. The molecular formula is C11H15N3OS2. The molecule has 0 saturated heterocycles. The van der Waals surface area contributed by atoms with Gasteiger partial charge >= 0.3 is 0 Å². The summed E-state index contributed by atoms with van der Waals surface area (Å²) in [5.74, 6) is 0.852. The van der Waals surface area contributed by atoms with E-state index in [1.165, 1.54) is 0 Å². The number of fused-ring (bicyclic) bond motifs is 1. The summed E-state index contributed by atoms with van der Waals surface area (Å²) in [5.41, 5.74) is 0.962. The molecule has 6 heteroatoms. The molecule has 2 atom stereocenters. The van der Waals surface area contributed by atoms with Gasteiger partial charge < -0.3 is 10.4 Å². The van der Waals surface area contributed by atoms with E-state index in [2.05, 4.69) is 22.2 Å². The predicted octanol–water partition coefficient (Wildman–Crippen LogP) is 2.22. The lowest BCUT2D eigenvalue weighted by atomic mass is 10.2. The summed E-state index contributed by atoms with van der Waals surface area (Å²) < 4.78 is 1.07. The first-order chi connectivity index (χ1) is 8.26. The zero-order valence-electron chi connectivity index (χ0n) is 9.75. The van der Waals surface area contributed by atoms with Gasteiger partial charge in [-0.25, -0.2) is 9.97 Å². The van der Waals surface area contributed by atoms with E-state index in [0.717, 1.165) is 16.0 Å². The Labute approximate surface area is 108 Å². The number of nitrogens with one attached hydrogen (secondary N) is 1. The van der Waals surface area contributed by atoms with E-state index in [-0.39, 0.29) is 17.9 Å². The molecule has 0 saturated carbocycles. The van der Waals surface area contributed by atoms with Gasteiger partial charge in [0.2, 0.25) is 0 Å². The highest BCUT2D eigenvalue weighted by molar-refractivity contribution is 7.99. The van der Waals surface area contributed by atoms with E-state index >= 15 is 0 Å². The predicted molar refractivity (Wildman–Crippen MR) is 74.9 cm³/mol. The van der Waals surface area contributed by atoms with Crippen molar-refractivity contribution in [3.05, 3.63) is 17.8 Å². The number of aliphatic hydroxyl groups is 1. The number of aliphatic hydroxyl groups excluding tert-OH is 1. The van der Waals surface area contributed by atoms with Crippen LogP contribution in [-0.4, -0.2) is 39.2 Å². The Morgan fingerprint density at radius 3 is 3.06 bits per heavy atom. The molecule has 0 amide bonds. The molecule has 4 nitrogen and oxygen atoms in total. The van der Waals surface area contributed by atoms with Crippen LogP contribution in [0.3, 0.4) is 0 Å². The maximum absolute atomic E-state index is 9.26. The van der Waals surface area contributed by atoms with Gasteiger partial charge in [0.1, 0.15) is 12.1 Å². The molecule has 0 radical (unpaired) electrons. The number of thiophene rings is 1. The fourth-order valence-corrected chi connectivity index (χ4v) is 3.06. The van der Waals surface area contributed by atoms with E-state index in [1.54, 1.807) is 29.4 Å². The largest absolute Gasteiger partial charge is 0.395 e. The first kappa shape index (κ1) is 12.6. The Balaban J connectivity index is 2.20. The van der Waals surface area contributed by atoms with Crippen molar-refractivity contribution in [2.24, 2.45) is 0 Å². The average Bonchev–Trinajstić information content (AvgIpc) is 2.80. The molecule has 2 aromatic heterocycles. The van der Waals surface area contributed by atoms with Crippen LogP contribution < -0.4 is 5.32 Å². The summed E-state index contributed by atoms with van der Waals surface area (Å²) in [5, 5.41) is 14.8. The molecule has 2 aromatic rings. The molecule has 2 rings (SSSR count). The zero-order valence-corrected chi connectivity index (χ0v) is 11.4. The highest BCUT2D eigenvalue weighted by Gasteiger charge is 2.16. The minimum atomic E-state index is 0.161. The number of aromatic nitrogens is 2. The Hall–Kier alpha value is -0.850. The van der Waals surface area contributed by atoms with E-state index in [4.69, 9.17) is 0 Å². The number of hydrogen-bond acceptors (Lipinski definition) is 6. The molecule has 0 fully saturated rings. The number of hydrogen-bond donors (Lipinski definition) is 2. The van der Waals surface area contributed by atoms with Crippen LogP contribution in [0.1, 0.15) is 6.92 Å². The van der Waals surface area contributed by atoms with Crippen molar-refractivity contribution in [2.45, 2.75) is 18.2 Å². The lowest BCUT2D eigenvalue weighted by Crippen LogP contribution is -2.31. The second kappa shape index (κ2) is 5.66. The van der Waals surface area contributed by atoms with Crippen molar-refractivity contribution in [3.63, 3.8) is 0 Å². The van der Waals surface area contributed by atoms with Crippen LogP contribution in [0.2, 0.25) is 0 Å². The average molecular weight is 269 g/mol. The van der Waals surface area contributed by atoms with E-state index in [0.29, 0.717) is 0 Å². The van der Waals surface area contributed by atoms with Gasteiger partial charge in [0.15, 0.2) is 0 Å². The van der Waals surface area contributed by atoms with Gasteiger partial charge in [0.25, 0.3) is 0 Å². The molecule has 0 aliphatic carbocycles. The van der Waals surface area contributed by atoms with Crippen LogP contribution in [0.4, 0.5) is 5.82 Å². The molecule has 17 heavy (non-hydrogen) atoms. The molecular weight excluding hydrogens is 254 g/mol. The van der Waals surface area contributed by atoms with Crippen molar-refractivity contribution in [2.75, 3.05) is 18.2 Å². The Bertz CT molecular complexity index is 484. The summed E-state index contributed by atoms with van der Waals surface area (Å²) in [6.45, 7) is 2.22. The van der Waals surface area contributed by atoms with Crippen LogP contribution in [0, 0.1) is 0 Å². The second-order valence-corrected chi connectivity index (χ2v) is 5.74. The lowest BCUT2D eigenvalue weighted by molar-refractivity contribution is 0.288. The minimum absolute atomic E-state index is 0.161. The van der Waals surface area contributed by atoms with E-state index < -0.39 is 0 Å². The molecule has 0 unspecified atom stereocenters. The zero-order chi connectivity index (χ0) is 12.3. The highest BCUT2D eigenvalue weighted by Crippen LogP contribution is 2.26. The fourth-order valence-electron chi connectivity index (χ4n) is 1.64. The van der Waals surface area contributed by atoms with Crippen molar-refractivity contribution >= 4 is 39.1 Å². The summed E-state index contributed by atoms with van der Waals surface area (Å²) in [6, 6.07) is 2.14. The molecule has 0 aliphatic heterocycles. The van der Waals surface area contributed by atoms with Crippen LogP contribution in [-0.2, 0) is 0 Å². The number of anilines is 1. The molecule has 0 aromatic carbocycles. The van der Waals surface area contributed by atoms with Crippen molar-refractivity contribution in [1.29, 1.82) is 0 Å². The van der Waals surface area contributed by atoms with E-state index in [9.17, 15) is 5.11 Å². The molecule has 0 aliphatic rings. The van der Waals surface area contributed by atoms with Gasteiger partial charge in [-0.3, -0.25) is 0 Å². The first-order valence-corrected chi connectivity index (χ1v) is 7.51. The maximum Gasteiger partial charge on any atom is 0.147 e. The smallest absolute Gasteiger partial charge is 0.147 e. The van der Waals surface area contributed by atoms with Crippen LogP contribution >= 0.6 is 23.1 Å². The van der Waals surface area contributed by atoms with Gasteiger partial charge in [0, 0.05) is 11.3 Å². The highest BCUT2D eigenvalue weighted by atomic mass is 32.2. The lowest BCUT2D eigenvalue weighted by Gasteiger charge is -2.21. The van der Waals surface area contributed by atoms with Gasteiger partial charge in [-0.2, -0.15) is 11.8 Å². The van der Waals surface area contributed by atoms with Gasteiger partial charge in [-0.05, 0) is 24.6 Å². The first-order valence-electron chi connectivity index (χ1n) is 5.34. The van der Waals surface area contributed by atoms with Crippen molar-refractivity contribution in [3.8, 4) is 0 Å². The normalized spacial score (nSPS) is 14.8. The van der Waals surface area contributed by atoms with Gasteiger partial charge in [-0.15, -0.1) is 11.3 Å². The van der Waals surface area contributed by atoms with Crippen LogP contribution in [0.15, 0.2) is 17.8 Å². The van der Waals surface area contributed by atoms with Crippen LogP contribution in [0.25, 0.3) is 10.2 Å². The standard InChI is InChI=1S/C11H15N3OS2/c1-7(9(5-15)16-2)14-11-10-8(3-4-17-10)12-6-13-11/h3-4,6-7,9,15H,5H2,1-2H3,(H,12,13,14)/t7-,9+/m1/s1. The van der Waals surface area contributed by atoms with Crippen molar-refractivity contribution in [1.82, 2.24) is 9.97 Å². The number of rotatable bonds is 5. The van der Waals surface area contributed by atoms with Crippen LogP contribution in [0.5, 0.6) is 0 Å². The quantitative estimate of drug-likeness (QED) is 0.871. The molecule has 0 bridgehead atoms. The molecule has 2 heterocycles. The summed E-state index contributed by atoms with van der Waals surface area (Å²) in [7, 11) is 0. The SMILES string of the molecule is CS[C@@H](CO)[C@@H](C)Nc1ncnc2ccsc12. The monoisotopic (exact) mass is 269 g/mol. The Morgan fingerprint density at radius 2 is 2.35 bits per heavy atom. The third-order valence-electron chi connectivity index (χ3n) is 2.65. The van der Waals surface area contributed by atoms with Crippen molar-refractivity contribution < 1.29 is 5.11 Å². The molecule has 0 spiro atoms. The minimum Gasteiger partial charge on any atom is -0.395 e. The summed E-state index contributed by atoms with van der Waals surface area (Å²) in [6.07, 6.45) is 3.57. The number of thioether (sulfide) groups is 1. The number of nitrogens with zero attached hydrogens (tertiary/aromatic N) is 2. The Kier molecular flexibility index (Phi) is 4.20. The summed E-state index contributed by atoms with van der Waals surface area (Å²) in [4.78, 5) is 8.47. The maximum atomic E-state index is 9.26. The molecule has 92 valence electrons. The van der Waals surface area contributed by atoms with Gasteiger partial charge in [0.05, 0.1) is 16.8 Å². The topological polar surface area (TPSA) is 58.0 Å². The third-order valence-corrected chi connectivity index (χ3v) is 4.72. The second-order valence-electron chi connectivity index (χ2n) is 3.75. The third kappa shape index (κ3) is 2.70. The van der Waals surface area contributed by atoms with Gasteiger partial charge in [-0.1, -0.05) is 0 Å². The van der Waals surface area contributed by atoms with E-state index in [1.807, 2.05) is 17.7 Å². The Morgan fingerprint density at radius 1 is 1.53 bits per heavy atom.